The summed E-state index contributed by atoms with van der Waals surface area (Å²) in [6.07, 6.45) is 3.52. The highest BCUT2D eigenvalue weighted by molar-refractivity contribution is 5.14. The molecule has 0 aromatic carbocycles. The van der Waals surface area contributed by atoms with Gasteiger partial charge in [0.2, 0.25) is 0 Å². The van der Waals surface area contributed by atoms with Crippen molar-refractivity contribution >= 4 is 0 Å². The summed E-state index contributed by atoms with van der Waals surface area (Å²) in [6, 6.07) is -0.500. The third-order valence-corrected chi connectivity index (χ3v) is 3.35. The summed E-state index contributed by atoms with van der Waals surface area (Å²) >= 11 is 0. The molecule has 0 radical (unpaired) electrons. The number of hydrogen-bond acceptors (Lipinski definition) is 4. The maximum atomic E-state index is 14.0. The molecule has 0 bridgehead atoms. The van der Waals surface area contributed by atoms with E-state index >= 15 is 0 Å². The van der Waals surface area contributed by atoms with Crippen LogP contribution in [0.25, 0.3) is 0 Å². The lowest BCUT2D eigenvalue weighted by atomic mass is 10.1. The summed E-state index contributed by atoms with van der Waals surface area (Å²) in [5.74, 6) is 0.0875. The fourth-order valence-corrected chi connectivity index (χ4v) is 2.44. The maximum absolute atomic E-state index is 14.0. The van der Waals surface area contributed by atoms with Crippen LogP contribution in [0.5, 0.6) is 0 Å². The Bertz CT molecular complexity index is 670. The van der Waals surface area contributed by atoms with Crippen LogP contribution in [0.4, 0.5) is 8.78 Å². The number of nitrogens with zero attached hydrogens (tertiary/aromatic N) is 5. The van der Waals surface area contributed by atoms with E-state index in [1.54, 1.807) is 0 Å². The number of alkyl halides is 2. The molecule has 2 aromatic heterocycles. The third kappa shape index (κ3) is 2.81. The highest BCUT2D eigenvalue weighted by atomic mass is 19.1. The van der Waals surface area contributed by atoms with Crippen LogP contribution in [0.3, 0.4) is 0 Å². The number of aryl methyl sites for hydroxylation is 1. The largest absolute Gasteiger partial charge is 0.346 e. The zero-order chi connectivity index (χ0) is 16.1. The smallest absolute Gasteiger partial charge is 0.267 e. The summed E-state index contributed by atoms with van der Waals surface area (Å²) in [5.41, 5.74) is 0.102. The molecular formula is C14H17F2N5O. The van der Waals surface area contributed by atoms with Crippen molar-refractivity contribution in [3.63, 3.8) is 0 Å². The highest BCUT2D eigenvalue weighted by Crippen LogP contribution is 2.37. The molecule has 0 saturated carbocycles. The Labute approximate surface area is 126 Å². The second-order valence-electron chi connectivity index (χ2n) is 4.63. The summed E-state index contributed by atoms with van der Waals surface area (Å²) in [7, 11) is 0. The van der Waals surface area contributed by atoms with Crippen LogP contribution in [0.2, 0.25) is 0 Å². The Morgan fingerprint density at radius 3 is 2.77 bits per heavy atom. The van der Waals surface area contributed by atoms with Crippen LogP contribution in [0, 0.1) is 0 Å². The molecule has 2 aromatic rings. The number of aromatic nitrogens is 5. The molecule has 3 rings (SSSR count). The zero-order valence-corrected chi connectivity index (χ0v) is 12.0. The van der Waals surface area contributed by atoms with Gasteiger partial charge in [0.15, 0.2) is 12.0 Å². The summed E-state index contributed by atoms with van der Waals surface area (Å²) in [6.45, 7) is 5.61. The van der Waals surface area contributed by atoms with Gasteiger partial charge in [-0.15, -0.1) is 13.2 Å². The molecule has 0 aliphatic carbocycles. The Morgan fingerprint density at radius 1 is 1.36 bits per heavy atom. The van der Waals surface area contributed by atoms with Crippen LogP contribution in [0.15, 0.2) is 36.5 Å². The number of halogens is 2. The topological polar surface area (TPSA) is 65.6 Å². The van der Waals surface area contributed by atoms with E-state index in [1.165, 1.54) is 23.2 Å². The van der Waals surface area contributed by atoms with Crippen LogP contribution in [-0.2, 0) is 6.54 Å². The van der Waals surface area contributed by atoms with E-state index in [-0.39, 0.29) is 25.2 Å². The van der Waals surface area contributed by atoms with Gasteiger partial charge in [0.05, 0.1) is 24.6 Å². The fraction of sp³-hybridized carbons (Fsp3) is 0.429. The zero-order valence-electron chi connectivity index (χ0n) is 12.0. The molecule has 2 atom stereocenters. The second-order valence-corrected chi connectivity index (χ2v) is 4.63. The van der Waals surface area contributed by atoms with Crippen LogP contribution < -0.4 is 5.69 Å². The van der Waals surface area contributed by atoms with Crippen molar-refractivity contribution in [3.8, 4) is 0 Å². The Hall–Kier alpha value is -2.38. The first-order valence-corrected chi connectivity index (χ1v) is 6.87. The van der Waals surface area contributed by atoms with E-state index in [1.807, 2.05) is 0 Å². The van der Waals surface area contributed by atoms with Gasteiger partial charge < -0.3 is 0 Å². The van der Waals surface area contributed by atoms with Crippen molar-refractivity contribution in [3.05, 3.63) is 53.8 Å². The van der Waals surface area contributed by atoms with Crippen molar-refractivity contribution in [2.45, 2.75) is 31.6 Å². The first-order chi connectivity index (χ1) is 10.7. The Balaban J connectivity index is 0.000000847. The van der Waals surface area contributed by atoms with Gasteiger partial charge in [-0.05, 0) is 6.42 Å². The first-order valence-electron chi connectivity index (χ1n) is 6.87. The van der Waals surface area contributed by atoms with E-state index in [0.717, 1.165) is 4.68 Å². The van der Waals surface area contributed by atoms with E-state index in [9.17, 15) is 13.6 Å². The second kappa shape index (κ2) is 7.06. The van der Waals surface area contributed by atoms with Gasteiger partial charge in [-0.3, -0.25) is 18.9 Å². The molecule has 0 fully saturated rings. The molecule has 118 valence electrons. The first kappa shape index (κ1) is 16.0. The standard InChI is InChI=1S/C12H13F2N5O.C2H4/c13-2-1-5-18-12(20)19-10(6-8(14)11(19)17-18)9-7-15-3-4-16-9;1-2/h3-4,7-8,10H,1-2,5-6H2;1-2H2. The van der Waals surface area contributed by atoms with Crippen molar-refractivity contribution in [1.29, 1.82) is 0 Å². The normalized spacial score (nSPS) is 19.4. The van der Waals surface area contributed by atoms with Gasteiger partial charge >= 0.3 is 5.69 Å². The molecule has 0 spiro atoms. The average Bonchev–Trinajstić information content (AvgIpc) is 3.07. The number of hydrogen-bond donors (Lipinski definition) is 0. The monoisotopic (exact) mass is 309 g/mol. The van der Waals surface area contributed by atoms with Gasteiger partial charge in [0.25, 0.3) is 0 Å². The van der Waals surface area contributed by atoms with Gasteiger partial charge in [-0.1, -0.05) is 0 Å². The fourth-order valence-electron chi connectivity index (χ4n) is 2.44. The molecule has 0 amide bonds. The SMILES string of the molecule is C=C.O=c1n(CCCF)nc2n1C(c1cnccn1)CC2F. The van der Waals surface area contributed by atoms with E-state index in [2.05, 4.69) is 28.2 Å². The lowest BCUT2D eigenvalue weighted by Crippen LogP contribution is -2.27. The van der Waals surface area contributed by atoms with E-state index in [4.69, 9.17) is 0 Å². The molecule has 1 aliphatic rings. The predicted octanol–water partition coefficient (Wildman–Crippen LogP) is 2.00. The number of fused-ring (bicyclic) bond motifs is 1. The number of rotatable bonds is 4. The minimum Gasteiger partial charge on any atom is -0.267 e. The van der Waals surface area contributed by atoms with Gasteiger partial charge in [0.1, 0.15) is 0 Å². The quantitative estimate of drug-likeness (QED) is 0.810. The van der Waals surface area contributed by atoms with Crippen molar-refractivity contribution in [2.75, 3.05) is 6.67 Å². The summed E-state index contributed by atoms with van der Waals surface area (Å²) in [5, 5.41) is 3.96. The van der Waals surface area contributed by atoms with Crippen LogP contribution >= 0.6 is 0 Å². The molecule has 1 aliphatic heterocycles. The average molecular weight is 309 g/mol. The minimum atomic E-state index is -1.32. The van der Waals surface area contributed by atoms with Crippen molar-refractivity contribution < 1.29 is 8.78 Å². The van der Waals surface area contributed by atoms with Crippen LogP contribution in [0.1, 0.15) is 36.6 Å². The van der Waals surface area contributed by atoms with Crippen molar-refractivity contribution in [1.82, 2.24) is 24.3 Å². The van der Waals surface area contributed by atoms with E-state index < -0.39 is 24.6 Å². The van der Waals surface area contributed by atoms with Gasteiger partial charge in [0, 0.05) is 25.4 Å². The molecule has 8 heteroatoms. The minimum absolute atomic E-state index is 0.0875. The highest BCUT2D eigenvalue weighted by Gasteiger charge is 2.37. The molecule has 0 saturated heterocycles. The summed E-state index contributed by atoms with van der Waals surface area (Å²) < 4.78 is 28.6. The molecule has 22 heavy (non-hydrogen) atoms. The molecule has 2 unspecified atom stereocenters. The predicted molar refractivity (Wildman–Crippen MR) is 77.0 cm³/mol. The molecule has 0 N–H and O–H groups in total. The molecule has 3 heterocycles. The molecular weight excluding hydrogens is 292 g/mol. The maximum Gasteiger partial charge on any atom is 0.346 e. The Morgan fingerprint density at radius 2 is 2.14 bits per heavy atom. The van der Waals surface area contributed by atoms with E-state index in [0.29, 0.717) is 5.69 Å². The van der Waals surface area contributed by atoms with Gasteiger partial charge in [-0.25, -0.2) is 13.9 Å². The molecule has 6 nitrogen and oxygen atoms in total. The van der Waals surface area contributed by atoms with Crippen LogP contribution in [-0.4, -0.2) is 31.0 Å². The lowest BCUT2D eigenvalue weighted by molar-refractivity contribution is 0.319. The summed E-state index contributed by atoms with van der Waals surface area (Å²) in [4.78, 5) is 20.3. The lowest BCUT2D eigenvalue weighted by Gasteiger charge is -2.10. The van der Waals surface area contributed by atoms with Crippen molar-refractivity contribution in [2.24, 2.45) is 0 Å². The third-order valence-electron chi connectivity index (χ3n) is 3.35. The Kier molecular flexibility index (Phi) is 5.13. The van der Waals surface area contributed by atoms with Gasteiger partial charge in [-0.2, -0.15) is 5.10 Å².